The van der Waals surface area contributed by atoms with Gasteiger partial charge in [-0.1, -0.05) is 12.1 Å². The average molecular weight is 306 g/mol. The predicted molar refractivity (Wildman–Crippen MR) is 77.5 cm³/mol. The van der Waals surface area contributed by atoms with Crippen molar-refractivity contribution in [1.29, 1.82) is 0 Å². The number of rotatable bonds is 4. The molecule has 0 unspecified atom stereocenters. The molecule has 0 bridgehead atoms. The van der Waals surface area contributed by atoms with E-state index >= 15 is 0 Å². The second-order valence-corrected chi connectivity index (χ2v) is 6.70. The van der Waals surface area contributed by atoms with Crippen LogP contribution < -0.4 is 0 Å². The van der Waals surface area contributed by atoms with Crippen LogP contribution in [-0.4, -0.2) is 42.9 Å². The Morgan fingerprint density at radius 3 is 2.52 bits per heavy atom. The summed E-state index contributed by atoms with van der Waals surface area (Å²) in [5.74, 6) is -1.06. The molecule has 1 N–H and O–H groups in total. The summed E-state index contributed by atoms with van der Waals surface area (Å²) in [7, 11) is -0.645. The van der Waals surface area contributed by atoms with Crippen molar-refractivity contribution in [3.8, 4) is 11.3 Å². The molecule has 0 saturated carbocycles. The van der Waals surface area contributed by atoms with Gasteiger partial charge in [-0.3, -0.25) is 4.98 Å². The van der Waals surface area contributed by atoms with Crippen LogP contribution in [-0.2, 0) is 10.0 Å². The maximum atomic E-state index is 12.1. The van der Waals surface area contributed by atoms with Gasteiger partial charge in [0.25, 0.3) is 0 Å². The molecular formula is C14H14N2O4S. The summed E-state index contributed by atoms with van der Waals surface area (Å²) in [6.45, 7) is 0. The van der Waals surface area contributed by atoms with E-state index in [0.717, 1.165) is 4.31 Å². The number of aromatic carboxylic acids is 1. The Bertz CT molecular complexity index is 785. The molecule has 0 saturated heterocycles. The summed E-state index contributed by atoms with van der Waals surface area (Å²) < 4.78 is 25.3. The quantitative estimate of drug-likeness (QED) is 0.929. The van der Waals surface area contributed by atoms with E-state index in [0.29, 0.717) is 11.3 Å². The van der Waals surface area contributed by atoms with Gasteiger partial charge in [-0.2, -0.15) is 0 Å². The number of hydrogen-bond acceptors (Lipinski definition) is 4. The lowest BCUT2D eigenvalue weighted by molar-refractivity contribution is 0.0697. The highest BCUT2D eigenvalue weighted by Gasteiger charge is 2.17. The fraction of sp³-hybridized carbons (Fsp3) is 0.143. The number of aromatic nitrogens is 1. The highest BCUT2D eigenvalue weighted by molar-refractivity contribution is 7.89. The maximum Gasteiger partial charge on any atom is 0.335 e. The van der Waals surface area contributed by atoms with Gasteiger partial charge in [0.15, 0.2) is 0 Å². The molecule has 1 aromatic heterocycles. The molecule has 6 nitrogen and oxygen atoms in total. The zero-order chi connectivity index (χ0) is 15.6. The number of carbonyl (C=O) groups is 1. The summed E-state index contributed by atoms with van der Waals surface area (Å²) in [6, 6.07) is 9.03. The molecule has 0 atom stereocenters. The molecule has 1 aromatic carbocycles. The molecule has 2 rings (SSSR count). The summed E-state index contributed by atoms with van der Waals surface area (Å²) >= 11 is 0. The summed E-state index contributed by atoms with van der Waals surface area (Å²) in [5.41, 5.74) is 1.05. The van der Waals surface area contributed by atoms with Crippen LogP contribution in [0.4, 0.5) is 0 Å². The predicted octanol–water partition coefficient (Wildman–Crippen LogP) is 1.70. The fourth-order valence-corrected chi connectivity index (χ4v) is 2.70. The molecule has 21 heavy (non-hydrogen) atoms. The first-order valence-electron chi connectivity index (χ1n) is 6.04. The summed E-state index contributed by atoms with van der Waals surface area (Å²) in [4.78, 5) is 15.2. The van der Waals surface area contributed by atoms with Crippen molar-refractivity contribution in [2.24, 2.45) is 0 Å². The minimum absolute atomic E-state index is 0.0980. The highest BCUT2D eigenvalue weighted by atomic mass is 32.2. The normalized spacial score (nSPS) is 11.6. The number of carboxylic acid groups (broad SMARTS) is 1. The third-order valence-electron chi connectivity index (χ3n) is 2.92. The first-order valence-corrected chi connectivity index (χ1v) is 7.48. The lowest BCUT2D eigenvalue weighted by atomic mass is 10.1. The molecule has 2 aromatic rings. The van der Waals surface area contributed by atoms with Gasteiger partial charge >= 0.3 is 5.97 Å². The molecule has 1 heterocycles. The van der Waals surface area contributed by atoms with Crippen LogP contribution in [0.5, 0.6) is 0 Å². The number of nitrogens with zero attached hydrogens (tertiary/aromatic N) is 2. The minimum atomic E-state index is -3.54. The van der Waals surface area contributed by atoms with Crippen LogP contribution in [0.2, 0.25) is 0 Å². The number of benzene rings is 1. The van der Waals surface area contributed by atoms with E-state index in [1.807, 2.05) is 0 Å². The first kappa shape index (κ1) is 15.1. The number of pyridine rings is 1. The van der Waals surface area contributed by atoms with E-state index < -0.39 is 16.0 Å². The topological polar surface area (TPSA) is 87.6 Å². The van der Waals surface area contributed by atoms with Crippen LogP contribution in [0.1, 0.15) is 10.4 Å². The van der Waals surface area contributed by atoms with Crippen molar-refractivity contribution < 1.29 is 18.3 Å². The Kier molecular flexibility index (Phi) is 4.06. The largest absolute Gasteiger partial charge is 0.478 e. The molecule has 0 aliphatic carbocycles. The summed E-state index contributed by atoms with van der Waals surface area (Å²) in [6.07, 6.45) is 1.38. The highest BCUT2D eigenvalue weighted by Crippen LogP contribution is 2.22. The van der Waals surface area contributed by atoms with Gasteiger partial charge in [0, 0.05) is 25.9 Å². The van der Waals surface area contributed by atoms with E-state index in [1.165, 1.54) is 44.6 Å². The average Bonchev–Trinajstić information content (AvgIpc) is 2.47. The van der Waals surface area contributed by atoms with Crippen molar-refractivity contribution >= 4 is 16.0 Å². The lowest BCUT2D eigenvalue weighted by Gasteiger charge is -2.12. The van der Waals surface area contributed by atoms with Gasteiger partial charge < -0.3 is 5.11 Å². The molecule has 0 amide bonds. The summed E-state index contributed by atoms with van der Waals surface area (Å²) in [5, 5.41) is 8.98. The van der Waals surface area contributed by atoms with Crippen molar-refractivity contribution in [2.75, 3.05) is 14.1 Å². The van der Waals surface area contributed by atoms with Crippen LogP contribution in [0.25, 0.3) is 11.3 Å². The second kappa shape index (κ2) is 5.63. The zero-order valence-corrected chi connectivity index (χ0v) is 12.3. The molecule has 7 heteroatoms. The molecule has 0 aliphatic heterocycles. The van der Waals surface area contributed by atoms with Crippen molar-refractivity contribution in [3.63, 3.8) is 0 Å². The molecule has 0 fully saturated rings. The Hall–Kier alpha value is -2.25. The minimum Gasteiger partial charge on any atom is -0.478 e. The molecule has 0 radical (unpaired) electrons. The van der Waals surface area contributed by atoms with Crippen LogP contribution in [0.3, 0.4) is 0 Å². The number of sulfonamides is 1. The third-order valence-corrected chi connectivity index (χ3v) is 4.73. The van der Waals surface area contributed by atoms with E-state index in [2.05, 4.69) is 4.98 Å². The number of hydrogen-bond donors (Lipinski definition) is 1. The zero-order valence-electron chi connectivity index (χ0n) is 11.5. The van der Waals surface area contributed by atoms with Crippen molar-refractivity contribution in [2.45, 2.75) is 4.90 Å². The fourth-order valence-electron chi connectivity index (χ4n) is 1.75. The lowest BCUT2D eigenvalue weighted by Crippen LogP contribution is -2.22. The Morgan fingerprint density at radius 1 is 1.19 bits per heavy atom. The van der Waals surface area contributed by atoms with Gasteiger partial charge in [-0.05, 0) is 24.3 Å². The third kappa shape index (κ3) is 3.09. The Labute approximate surface area is 122 Å². The monoisotopic (exact) mass is 306 g/mol. The molecule has 0 spiro atoms. The SMILES string of the molecule is CN(C)S(=O)(=O)c1cccc(-c2cc(C(=O)O)ccn2)c1. The van der Waals surface area contributed by atoms with Gasteiger partial charge in [-0.15, -0.1) is 0 Å². The van der Waals surface area contributed by atoms with Crippen molar-refractivity contribution in [1.82, 2.24) is 9.29 Å². The van der Waals surface area contributed by atoms with Crippen LogP contribution in [0.15, 0.2) is 47.5 Å². The maximum absolute atomic E-state index is 12.1. The van der Waals surface area contributed by atoms with Gasteiger partial charge in [-0.25, -0.2) is 17.5 Å². The van der Waals surface area contributed by atoms with Gasteiger partial charge in [0.05, 0.1) is 16.2 Å². The Balaban J connectivity index is 2.52. The molecule has 110 valence electrons. The second-order valence-electron chi connectivity index (χ2n) is 4.55. The molecular weight excluding hydrogens is 292 g/mol. The smallest absolute Gasteiger partial charge is 0.335 e. The van der Waals surface area contributed by atoms with E-state index in [9.17, 15) is 13.2 Å². The first-order chi connectivity index (χ1) is 9.82. The van der Waals surface area contributed by atoms with Gasteiger partial charge in [0.1, 0.15) is 0 Å². The van der Waals surface area contributed by atoms with Crippen molar-refractivity contribution in [3.05, 3.63) is 48.2 Å². The van der Waals surface area contributed by atoms with E-state index in [-0.39, 0.29) is 10.5 Å². The standard InChI is InChI=1S/C14H14N2O4S/c1-16(2)21(19,20)12-5-3-4-10(8-12)13-9-11(14(17)18)6-7-15-13/h3-9H,1-2H3,(H,17,18). The number of carboxylic acids is 1. The molecule has 0 aliphatic rings. The van der Waals surface area contributed by atoms with Gasteiger partial charge in [0.2, 0.25) is 10.0 Å². The van der Waals surface area contributed by atoms with Crippen LogP contribution >= 0.6 is 0 Å². The van der Waals surface area contributed by atoms with E-state index in [4.69, 9.17) is 5.11 Å². The van der Waals surface area contributed by atoms with Crippen LogP contribution in [0, 0.1) is 0 Å². The van der Waals surface area contributed by atoms with E-state index in [1.54, 1.807) is 12.1 Å². The Morgan fingerprint density at radius 2 is 1.90 bits per heavy atom.